The van der Waals surface area contributed by atoms with Gasteiger partial charge in [-0.1, -0.05) is 6.07 Å². The number of aliphatic hydroxyl groups is 1. The second-order valence-electron chi connectivity index (χ2n) is 4.66. The highest BCUT2D eigenvalue weighted by molar-refractivity contribution is 7.13. The van der Waals surface area contributed by atoms with Crippen molar-refractivity contribution in [1.82, 2.24) is 19.6 Å². The van der Waals surface area contributed by atoms with Crippen molar-refractivity contribution in [3.05, 3.63) is 50.6 Å². The van der Waals surface area contributed by atoms with Crippen molar-refractivity contribution in [1.29, 1.82) is 0 Å². The number of aliphatic hydroxyl groups excluding tert-OH is 1. The number of nitrogens with zero attached hydrogens (tertiary/aromatic N) is 5. The highest BCUT2D eigenvalue weighted by atomic mass is 32.1. The summed E-state index contributed by atoms with van der Waals surface area (Å²) >= 11 is 1.38. The van der Waals surface area contributed by atoms with E-state index in [4.69, 9.17) is 4.42 Å². The van der Waals surface area contributed by atoms with E-state index < -0.39 is 16.8 Å². The normalized spacial score (nSPS) is 12.4. The van der Waals surface area contributed by atoms with Crippen molar-refractivity contribution in [3.63, 3.8) is 0 Å². The molecule has 3 heterocycles. The van der Waals surface area contributed by atoms with Gasteiger partial charge in [0, 0.05) is 0 Å². The molecule has 0 spiro atoms. The summed E-state index contributed by atoms with van der Waals surface area (Å²) < 4.78 is 7.27. The van der Waals surface area contributed by atoms with E-state index in [1.54, 1.807) is 12.1 Å². The van der Waals surface area contributed by atoms with Crippen molar-refractivity contribution < 1.29 is 14.4 Å². The quantitative estimate of drug-likeness (QED) is 0.518. The number of nitro groups is 1. The van der Waals surface area contributed by atoms with Gasteiger partial charge in [0.1, 0.15) is 12.4 Å². The summed E-state index contributed by atoms with van der Waals surface area (Å²) in [5.41, 5.74) is -0.171. The number of hydrogen-bond acceptors (Lipinski definition) is 8. The van der Waals surface area contributed by atoms with Gasteiger partial charge in [0.25, 0.3) is 5.89 Å². The van der Waals surface area contributed by atoms with Crippen molar-refractivity contribution in [3.8, 4) is 10.8 Å². The highest BCUT2D eigenvalue weighted by Crippen LogP contribution is 2.21. The molecule has 120 valence electrons. The van der Waals surface area contributed by atoms with Crippen LogP contribution in [-0.4, -0.2) is 35.7 Å². The molecule has 11 heteroatoms. The van der Waals surface area contributed by atoms with Crippen LogP contribution < -0.4 is 5.76 Å². The Morgan fingerprint density at radius 2 is 2.30 bits per heavy atom. The lowest BCUT2D eigenvalue weighted by Crippen LogP contribution is -2.28. The van der Waals surface area contributed by atoms with Gasteiger partial charge in [0.05, 0.1) is 29.0 Å². The molecule has 0 aromatic carbocycles. The molecule has 0 aliphatic rings. The number of hydrogen-bond donors (Lipinski definition) is 1. The zero-order chi connectivity index (χ0) is 16.4. The summed E-state index contributed by atoms with van der Waals surface area (Å²) in [5, 5.41) is 30.2. The van der Waals surface area contributed by atoms with Gasteiger partial charge in [0.15, 0.2) is 0 Å². The number of aromatic nitrogens is 4. The molecule has 0 unspecified atom stereocenters. The maximum Gasteiger partial charge on any atom is 0.437 e. The molecule has 0 radical (unpaired) electrons. The van der Waals surface area contributed by atoms with E-state index in [2.05, 4.69) is 10.2 Å². The van der Waals surface area contributed by atoms with E-state index in [0.29, 0.717) is 4.88 Å². The molecular weight excluding hydrogens is 326 g/mol. The minimum atomic E-state index is -1.01. The van der Waals surface area contributed by atoms with Crippen LogP contribution in [0.1, 0.15) is 0 Å². The number of rotatable bonds is 6. The second-order valence-corrected chi connectivity index (χ2v) is 5.61. The van der Waals surface area contributed by atoms with Crippen LogP contribution in [0.3, 0.4) is 0 Å². The molecule has 1 atom stereocenters. The van der Waals surface area contributed by atoms with Gasteiger partial charge >= 0.3 is 11.4 Å². The first-order chi connectivity index (χ1) is 11.0. The predicted molar refractivity (Wildman–Crippen MR) is 79.0 cm³/mol. The molecule has 3 aromatic rings. The summed E-state index contributed by atoms with van der Waals surface area (Å²) in [5.74, 6) is -0.495. The van der Waals surface area contributed by atoms with Crippen molar-refractivity contribution in [2.45, 2.75) is 19.2 Å². The first-order valence-corrected chi connectivity index (χ1v) is 7.37. The standard InChI is InChI=1S/C12H11N5O5S/c18-9(6-15-5-8(4-13-15)17(20)21)7-16-12(19)22-11(14-16)10-2-1-3-23-10/h1-5,9,18H,6-7H2/t9-/m1/s1. The van der Waals surface area contributed by atoms with Gasteiger partial charge in [-0.2, -0.15) is 9.78 Å². The molecule has 0 saturated carbocycles. The summed E-state index contributed by atoms with van der Waals surface area (Å²) in [7, 11) is 0. The van der Waals surface area contributed by atoms with E-state index in [0.717, 1.165) is 10.9 Å². The highest BCUT2D eigenvalue weighted by Gasteiger charge is 2.16. The minimum absolute atomic E-state index is 0.0124. The zero-order valence-electron chi connectivity index (χ0n) is 11.6. The second kappa shape index (κ2) is 6.14. The molecule has 10 nitrogen and oxygen atoms in total. The van der Waals surface area contributed by atoms with Crippen LogP contribution in [0.2, 0.25) is 0 Å². The minimum Gasteiger partial charge on any atom is -0.389 e. The van der Waals surface area contributed by atoms with Crippen LogP contribution in [0.15, 0.2) is 39.1 Å². The van der Waals surface area contributed by atoms with Gasteiger partial charge < -0.3 is 9.52 Å². The van der Waals surface area contributed by atoms with Crippen LogP contribution in [0.25, 0.3) is 10.8 Å². The van der Waals surface area contributed by atoms with Gasteiger partial charge in [0.2, 0.25) is 0 Å². The molecule has 0 fully saturated rings. The Labute approximate surface area is 132 Å². The molecule has 0 saturated heterocycles. The van der Waals surface area contributed by atoms with Crippen molar-refractivity contribution >= 4 is 17.0 Å². The summed E-state index contributed by atoms with van der Waals surface area (Å²) in [6.07, 6.45) is 1.28. The van der Waals surface area contributed by atoms with Crippen LogP contribution in [0, 0.1) is 10.1 Å². The van der Waals surface area contributed by atoms with Crippen molar-refractivity contribution in [2.24, 2.45) is 0 Å². The summed E-state index contributed by atoms with van der Waals surface area (Å²) in [6, 6.07) is 3.57. The Bertz CT molecular complexity index is 865. The first kappa shape index (κ1) is 15.1. The van der Waals surface area contributed by atoms with Crippen LogP contribution in [-0.2, 0) is 13.1 Å². The molecule has 1 N–H and O–H groups in total. The molecule has 0 aliphatic carbocycles. The third-order valence-electron chi connectivity index (χ3n) is 2.95. The fraction of sp³-hybridized carbons (Fsp3) is 0.250. The monoisotopic (exact) mass is 337 g/mol. The average molecular weight is 337 g/mol. The molecule has 3 aromatic heterocycles. The van der Waals surface area contributed by atoms with Crippen LogP contribution in [0.4, 0.5) is 5.69 Å². The molecular formula is C12H11N5O5S. The molecule has 0 amide bonds. The van der Waals surface area contributed by atoms with Gasteiger partial charge in [-0.15, -0.1) is 16.4 Å². The lowest BCUT2D eigenvalue weighted by atomic mass is 10.3. The third kappa shape index (κ3) is 3.35. The van der Waals surface area contributed by atoms with Gasteiger partial charge in [-0.25, -0.2) is 4.79 Å². The smallest absolute Gasteiger partial charge is 0.389 e. The topological polar surface area (TPSA) is 129 Å². The van der Waals surface area contributed by atoms with Crippen LogP contribution in [0.5, 0.6) is 0 Å². The fourth-order valence-corrected chi connectivity index (χ4v) is 2.59. The maximum atomic E-state index is 11.7. The Morgan fingerprint density at radius 1 is 1.48 bits per heavy atom. The molecule has 3 rings (SSSR count). The SMILES string of the molecule is O=c1oc(-c2cccs2)nn1C[C@H](O)Cn1cc([N+](=O)[O-])cn1. The summed E-state index contributed by atoms with van der Waals surface area (Å²) in [4.78, 5) is 22.4. The lowest BCUT2D eigenvalue weighted by molar-refractivity contribution is -0.385. The van der Waals surface area contributed by atoms with Gasteiger partial charge in [-0.05, 0) is 11.4 Å². The van der Waals surface area contributed by atoms with Crippen LogP contribution >= 0.6 is 11.3 Å². The molecule has 23 heavy (non-hydrogen) atoms. The van der Waals surface area contributed by atoms with E-state index in [9.17, 15) is 20.0 Å². The van der Waals surface area contributed by atoms with Crippen molar-refractivity contribution in [2.75, 3.05) is 0 Å². The Hall–Kier alpha value is -2.79. The maximum absolute atomic E-state index is 11.7. The lowest BCUT2D eigenvalue weighted by Gasteiger charge is -2.08. The van der Waals surface area contributed by atoms with E-state index in [1.807, 2.05) is 5.38 Å². The predicted octanol–water partition coefficient (Wildman–Crippen LogP) is 0.731. The largest absolute Gasteiger partial charge is 0.437 e. The van der Waals surface area contributed by atoms with E-state index in [1.165, 1.54) is 22.2 Å². The Morgan fingerprint density at radius 3 is 2.96 bits per heavy atom. The Balaban J connectivity index is 1.69. The molecule has 0 aliphatic heterocycles. The zero-order valence-corrected chi connectivity index (χ0v) is 12.4. The molecule has 0 bridgehead atoms. The first-order valence-electron chi connectivity index (χ1n) is 6.49. The van der Waals surface area contributed by atoms with E-state index in [-0.39, 0.29) is 24.7 Å². The Kier molecular flexibility index (Phi) is 4.04. The number of thiophene rings is 1. The average Bonchev–Trinajstić information content (AvgIpc) is 3.20. The third-order valence-corrected chi connectivity index (χ3v) is 3.81. The van der Waals surface area contributed by atoms with Gasteiger partial charge in [-0.3, -0.25) is 14.8 Å². The van der Waals surface area contributed by atoms with E-state index >= 15 is 0 Å². The summed E-state index contributed by atoms with van der Waals surface area (Å²) in [6.45, 7) is -0.122. The fourth-order valence-electron chi connectivity index (χ4n) is 1.94.